The number of rotatable bonds is 6. The van der Waals surface area contributed by atoms with Crippen molar-refractivity contribution in [2.24, 2.45) is 4.36 Å². The first kappa shape index (κ1) is 25.7. The average Bonchev–Trinajstić information content (AvgIpc) is 3.48. The highest BCUT2D eigenvalue weighted by atomic mass is 35.5. The molecule has 37 heavy (non-hydrogen) atoms. The van der Waals surface area contributed by atoms with Crippen LogP contribution in [0.25, 0.3) is 11.2 Å². The van der Waals surface area contributed by atoms with Gasteiger partial charge in [0.05, 0.1) is 24.3 Å². The molecule has 15 heteroatoms. The molecule has 0 bridgehead atoms. The molecule has 2 aliphatic rings. The minimum Gasteiger partial charge on any atom is -0.471 e. The van der Waals surface area contributed by atoms with E-state index in [2.05, 4.69) is 19.3 Å². The molecule has 2 aromatic heterocycles. The van der Waals surface area contributed by atoms with Gasteiger partial charge in [0.1, 0.15) is 41.6 Å². The molecule has 4 heterocycles. The van der Waals surface area contributed by atoms with Crippen LogP contribution in [0.3, 0.4) is 0 Å². The van der Waals surface area contributed by atoms with Crippen molar-refractivity contribution in [2.75, 3.05) is 25.7 Å². The Hall–Kier alpha value is -2.91. The second-order valence-electron chi connectivity index (χ2n) is 8.88. The number of hydrogen-bond acceptors (Lipinski definition) is 9. The summed E-state index contributed by atoms with van der Waals surface area (Å²) in [6.45, 7) is -0.191. The van der Waals surface area contributed by atoms with Crippen molar-refractivity contribution in [1.29, 1.82) is 4.78 Å². The maximum absolute atomic E-state index is 14.6. The summed E-state index contributed by atoms with van der Waals surface area (Å²) in [5.74, 6) is -3.02. The largest absolute Gasteiger partial charge is 0.471 e. The van der Waals surface area contributed by atoms with E-state index < -0.39 is 63.7 Å². The third-order valence-electron chi connectivity index (χ3n) is 5.67. The Labute approximate surface area is 214 Å². The normalized spacial score (nSPS) is 23.3. The molecule has 4 atom stereocenters. The fourth-order valence-electron chi connectivity index (χ4n) is 3.99. The molecule has 0 unspecified atom stereocenters. The van der Waals surface area contributed by atoms with E-state index >= 15 is 0 Å². The van der Waals surface area contributed by atoms with Crippen molar-refractivity contribution < 1.29 is 37.6 Å². The van der Waals surface area contributed by atoms with Gasteiger partial charge in [-0.1, -0.05) is 21.2 Å². The van der Waals surface area contributed by atoms with Crippen LogP contribution in [0.2, 0.25) is 5.02 Å². The van der Waals surface area contributed by atoms with E-state index in [1.165, 1.54) is 18.6 Å². The summed E-state index contributed by atoms with van der Waals surface area (Å²) in [5, 5.41) is 9.92. The van der Waals surface area contributed by atoms with E-state index in [4.69, 9.17) is 35.3 Å². The quantitative estimate of drug-likeness (QED) is 0.418. The summed E-state index contributed by atoms with van der Waals surface area (Å²) in [4.78, 5) is 23.5. The van der Waals surface area contributed by atoms with Gasteiger partial charge in [-0.05, 0) is 18.2 Å². The number of halogens is 3. The predicted octanol–water partition coefficient (Wildman–Crippen LogP) is 2.87. The number of carbonyl (C=O) groups excluding carboxylic acids is 1. The number of pyridine rings is 1. The number of aliphatic hydroxyl groups is 1. The lowest BCUT2D eigenvalue weighted by molar-refractivity contribution is 0.00706. The zero-order valence-electron chi connectivity index (χ0n) is 19.5. The summed E-state index contributed by atoms with van der Waals surface area (Å²) < 4.78 is 62.9. The number of aromatic nitrogens is 3. The standard InChI is InChI=1S/C22H22ClF2N5O6S/c1-37(2,26)30-20(32)9-3-12(24)10(13(25)4-9)6-35-21-11(23)5-14-19(28-21)29-22(27-14)36-16-8-34-17-15(31)7-33-18(16)17/h3-5,15-18,26,31H,6-8H2,1-2H3,(H,27,28,29)/t15-,16-,17-,18-/m1/s1. The number of carbonyl (C=O) groups is 1. The number of aromatic amines is 1. The molecule has 0 radical (unpaired) electrons. The van der Waals surface area contributed by atoms with Crippen LogP contribution >= 0.6 is 11.6 Å². The number of ether oxygens (including phenoxy) is 4. The molecule has 2 fully saturated rings. The van der Waals surface area contributed by atoms with Crippen LogP contribution in [0.15, 0.2) is 22.6 Å². The summed E-state index contributed by atoms with van der Waals surface area (Å²) >= 11 is 6.24. The van der Waals surface area contributed by atoms with E-state index in [0.29, 0.717) is 5.52 Å². The van der Waals surface area contributed by atoms with Crippen LogP contribution in [0.4, 0.5) is 8.78 Å². The lowest BCUT2D eigenvalue weighted by Gasteiger charge is -2.15. The number of amides is 1. The number of H-pyrrole nitrogens is 1. The van der Waals surface area contributed by atoms with Crippen LogP contribution in [-0.2, 0) is 25.7 Å². The van der Waals surface area contributed by atoms with Crippen molar-refractivity contribution in [3.8, 4) is 11.9 Å². The number of benzene rings is 1. The summed E-state index contributed by atoms with van der Waals surface area (Å²) in [6.07, 6.45) is 0.808. The molecule has 1 amide bonds. The van der Waals surface area contributed by atoms with Gasteiger partial charge in [0.25, 0.3) is 11.9 Å². The minimum atomic E-state index is -2.29. The Balaban J connectivity index is 1.31. The van der Waals surface area contributed by atoms with Crippen molar-refractivity contribution in [1.82, 2.24) is 15.0 Å². The SMILES string of the molecule is CS(C)(=N)=NC(=O)c1cc(F)c(COc2nc3nc(O[C@@H]4CO[C@H]5[C@@H]4OC[C@H]5O)[nH]c3cc2Cl)c(F)c1. The van der Waals surface area contributed by atoms with E-state index in [1.54, 1.807) is 0 Å². The number of imidazole rings is 1. The third-order valence-corrected chi connectivity index (χ3v) is 6.56. The fraction of sp³-hybridized carbons (Fsp3) is 0.409. The maximum Gasteiger partial charge on any atom is 0.296 e. The van der Waals surface area contributed by atoms with Crippen LogP contribution in [0.5, 0.6) is 11.9 Å². The van der Waals surface area contributed by atoms with Crippen LogP contribution in [0, 0.1) is 16.4 Å². The number of nitrogens with zero attached hydrogens (tertiary/aromatic N) is 3. The molecule has 0 spiro atoms. The van der Waals surface area contributed by atoms with Crippen LogP contribution in [0.1, 0.15) is 15.9 Å². The fourth-order valence-corrected chi connectivity index (χ4v) is 4.72. The molecule has 2 saturated heterocycles. The number of nitrogens with one attached hydrogen (secondary N) is 2. The van der Waals surface area contributed by atoms with Gasteiger partial charge in [-0.25, -0.2) is 8.78 Å². The number of hydrogen-bond donors (Lipinski definition) is 3. The Kier molecular flexibility index (Phi) is 6.79. The Morgan fingerprint density at radius 2 is 1.95 bits per heavy atom. The zero-order chi connectivity index (χ0) is 26.5. The van der Waals surface area contributed by atoms with Crippen molar-refractivity contribution in [3.63, 3.8) is 0 Å². The second-order valence-corrected chi connectivity index (χ2v) is 12.0. The lowest BCUT2D eigenvalue weighted by Crippen LogP contribution is -2.34. The third kappa shape index (κ3) is 5.38. The highest BCUT2D eigenvalue weighted by Crippen LogP contribution is 2.31. The average molecular weight is 558 g/mol. The maximum atomic E-state index is 14.6. The minimum absolute atomic E-state index is 0.0567. The smallest absolute Gasteiger partial charge is 0.296 e. The van der Waals surface area contributed by atoms with E-state index in [9.17, 15) is 18.7 Å². The highest BCUT2D eigenvalue weighted by Gasteiger charge is 2.48. The van der Waals surface area contributed by atoms with Gasteiger partial charge in [0.2, 0.25) is 5.88 Å². The Morgan fingerprint density at radius 1 is 1.24 bits per heavy atom. The molecule has 0 aliphatic carbocycles. The van der Waals surface area contributed by atoms with Crippen LogP contribution in [-0.4, -0.2) is 76.1 Å². The number of fused-ring (bicyclic) bond motifs is 2. The van der Waals surface area contributed by atoms with E-state index in [0.717, 1.165) is 12.1 Å². The van der Waals surface area contributed by atoms with Gasteiger partial charge in [-0.15, -0.1) is 0 Å². The van der Waals surface area contributed by atoms with Gasteiger partial charge < -0.3 is 29.0 Å². The van der Waals surface area contributed by atoms with Gasteiger partial charge in [0, 0.05) is 18.1 Å². The zero-order valence-corrected chi connectivity index (χ0v) is 21.1. The second kappa shape index (κ2) is 9.76. The molecule has 3 aromatic rings. The summed E-state index contributed by atoms with van der Waals surface area (Å²) in [7, 11) is -2.29. The molecular formula is C22H22ClF2N5O6S. The molecular weight excluding hydrogens is 536 g/mol. The molecule has 1 aromatic carbocycles. The van der Waals surface area contributed by atoms with E-state index in [1.807, 2.05) is 0 Å². The topological polar surface area (TPSA) is 152 Å². The molecule has 11 nitrogen and oxygen atoms in total. The van der Waals surface area contributed by atoms with Crippen molar-refractivity contribution in [2.45, 2.75) is 31.0 Å². The van der Waals surface area contributed by atoms with Gasteiger partial charge in [-0.3, -0.25) is 9.57 Å². The van der Waals surface area contributed by atoms with Crippen molar-refractivity contribution in [3.05, 3.63) is 46.0 Å². The highest BCUT2D eigenvalue weighted by molar-refractivity contribution is 7.93. The lowest BCUT2D eigenvalue weighted by atomic mass is 10.1. The first-order chi connectivity index (χ1) is 17.5. The van der Waals surface area contributed by atoms with Crippen LogP contribution < -0.4 is 9.47 Å². The molecule has 198 valence electrons. The number of aliphatic hydroxyl groups excluding tert-OH is 1. The van der Waals surface area contributed by atoms with Gasteiger partial charge in [-0.2, -0.15) is 14.3 Å². The Bertz CT molecular complexity index is 1480. The van der Waals surface area contributed by atoms with E-state index in [-0.39, 0.29) is 41.3 Å². The van der Waals surface area contributed by atoms with Crippen molar-refractivity contribution >= 4 is 38.3 Å². The molecule has 5 rings (SSSR count). The summed E-state index contributed by atoms with van der Waals surface area (Å²) in [6, 6.07) is 3.29. The van der Waals surface area contributed by atoms with Gasteiger partial charge in [0.15, 0.2) is 11.8 Å². The summed E-state index contributed by atoms with van der Waals surface area (Å²) in [5.41, 5.74) is -0.128. The monoisotopic (exact) mass is 557 g/mol. The first-order valence-electron chi connectivity index (χ1n) is 11.0. The predicted molar refractivity (Wildman–Crippen MR) is 128 cm³/mol. The molecule has 3 N–H and O–H groups in total. The van der Waals surface area contributed by atoms with Gasteiger partial charge >= 0.3 is 0 Å². The molecule has 2 aliphatic heterocycles. The molecule has 0 saturated carbocycles. The Morgan fingerprint density at radius 3 is 2.65 bits per heavy atom. The first-order valence-corrected chi connectivity index (χ1v) is 13.8.